The molecule has 0 spiro atoms. The van der Waals surface area contributed by atoms with Gasteiger partial charge in [0.1, 0.15) is 0 Å². The number of fused-ring (bicyclic) bond motifs is 1. The van der Waals surface area contributed by atoms with E-state index in [1.54, 1.807) is 6.07 Å². The summed E-state index contributed by atoms with van der Waals surface area (Å²) in [6, 6.07) is 3.70. The smallest absolute Gasteiger partial charge is 0.423 e. The SMILES string of the molecule is OB(O)c1cc(I)c(S)c2ccsc12. The molecule has 0 saturated heterocycles. The van der Waals surface area contributed by atoms with Gasteiger partial charge in [-0.25, -0.2) is 0 Å². The molecule has 0 radical (unpaired) electrons. The van der Waals surface area contributed by atoms with Crippen molar-refractivity contribution in [3.63, 3.8) is 0 Å². The summed E-state index contributed by atoms with van der Waals surface area (Å²) in [4.78, 5) is 0.895. The molecule has 2 N–H and O–H groups in total. The molecule has 0 amide bonds. The predicted molar refractivity (Wildman–Crippen MR) is 71.6 cm³/mol. The van der Waals surface area contributed by atoms with Gasteiger partial charge in [0.05, 0.1) is 0 Å². The second-order valence-corrected chi connectivity index (χ2v) is 5.36. The van der Waals surface area contributed by atoms with Crippen molar-refractivity contribution in [1.82, 2.24) is 0 Å². The maximum atomic E-state index is 9.19. The Labute approximate surface area is 105 Å². The van der Waals surface area contributed by atoms with Crippen LogP contribution >= 0.6 is 46.6 Å². The van der Waals surface area contributed by atoms with Gasteiger partial charge in [-0.2, -0.15) is 0 Å². The van der Waals surface area contributed by atoms with Crippen LogP contribution in [-0.4, -0.2) is 17.2 Å². The molecule has 6 heteroatoms. The summed E-state index contributed by atoms with van der Waals surface area (Å²) in [6.45, 7) is 0. The molecule has 2 rings (SSSR count). The maximum Gasteiger partial charge on any atom is 0.489 e. The van der Waals surface area contributed by atoms with Crippen LogP contribution < -0.4 is 5.46 Å². The van der Waals surface area contributed by atoms with Gasteiger partial charge in [0.2, 0.25) is 0 Å². The Morgan fingerprint density at radius 1 is 1.43 bits per heavy atom. The molecule has 0 bridgehead atoms. The fourth-order valence-electron chi connectivity index (χ4n) is 1.31. The first kappa shape index (κ1) is 10.8. The van der Waals surface area contributed by atoms with Crippen molar-refractivity contribution in [2.75, 3.05) is 0 Å². The zero-order valence-corrected chi connectivity index (χ0v) is 10.8. The van der Waals surface area contributed by atoms with Crippen LogP contribution in [0.2, 0.25) is 0 Å². The molecule has 1 heterocycles. The highest BCUT2D eigenvalue weighted by atomic mass is 127. The Kier molecular flexibility index (Phi) is 3.08. The minimum atomic E-state index is -1.42. The molecular weight excluding hydrogens is 330 g/mol. The molecule has 0 aliphatic heterocycles. The van der Waals surface area contributed by atoms with Crippen molar-refractivity contribution in [3.8, 4) is 0 Å². The van der Waals surface area contributed by atoms with E-state index in [1.807, 2.05) is 11.4 Å². The Morgan fingerprint density at radius 3 is 2.79 bits per heavy atom. The molecule has 0 atom stereocenters. The van der Waals surface area contributed by atoms with Gasteiger partial charge in [-0.15, -0.1) is 24.0 Å². The third-order valence-corrected chi connectivity index (χ3v) is 4.69. The summed E-state index contributed by atoms with van der Waals surface area (Å²) in [7, 11) is -1.42. The zero-order valence-electron chi connectivity index (χ0n) is 6.94. The number of thiol groups is 1. The van der Waals surface area contributed by atoms with E-state index in [0.29, 0.717) is 5.46 Å². The minimum Gasteiger partial charge on any atom is -0.423 e. The van der Waals surface area contributed by atoms with E-state index in [9.17, 15) is 10.0 Å². The Bertz CT molecular complexity index is 483. The standard InChI is InChI=1S/C8H6BIO2S2/c10-6-3-5(9(11)12)8-4(7(6)13)1-2-14-8/h1-3,11-13H. The van der Waals surface area contributed by atoms with Gasteiger partial charge < -0.3 is 10.0 Å². The lowest BCUT2D eigenvalue weighted by Crippen LogP contribution is -2.30. The molecule has 1 aromatic carbocycles. The molecule has 0 aliphatic carbocycles. The summed E-state index contributed by atoms with van der Waals surface area (Å²) in [5.41, 5.74) is 0.553. The maximum absolute atomic E-state index is 9.19. The quantitative estimate of drug-likeness (QED) is 0.419. The number of benzene rings is 1. The molecule has 0 unspecified atom stereocenters. The third-order valence-electron chi connectivity index (χ3n) is 1.97. The lowest BCUT2D eigenvalue weighted by atomic mass is 9.80. The van der Waals surface area contributed by atoms with Crippen LogP contribution in [0.15, 0.2) is 22.4 Å². The number of hydrogen-bond donors (Lipinski definition) is 3. The van der Waals surface area contributed by atoms with Crippen molar-refractivity contribution in [1.29, 1.82) is 0 Å². The normalized spacial score (nSPS) is 10.9. The number of halogens is 1. The van der Waals surface area contributed by atoms with Crippen LogP contribution in [0.5, 0.6) is 0 Å². The Hall–Kier alpha value is 0.245. The molecule has 0 saturated carbocycles. The fourth-order valence-corrected chi connectivity index (χ4v) is 3.20. The van der Waals surface area contributed by atoms with E-state index in [-0.39, 0.29) is 0 Å². The number of rotatable bonds is 1. The molecule has 14 heavy (non-hydrogen) atoms. The molecular formula is C8H6BIO2S2. The minimum absolute atomic E-state index is 0.553. The van der Waals surface area contributed by atoms with Gasteiger partial charge in [0, 0.05) is 24.0 Å². The molecule has 72 valence electrons. The van der Waals surface area contributed by atoms with Crippen molar-refractivity contribution < 1.29 is 10.0 Å². The number of thiophene rings is 1. The summed E-state index contributed by atoms with van der Waals surface area (Å²) in [5.74, 6) is 0. The first-order valence-corrected chi connectivity index (χ1v) is 6.26. The van der Waals surface area contributed by atoms with Gasteiger partial charge in [-0.05, 0) is 40.1 Å². The molecule has 2 aromatic rings. The van der Waals surface area contributed by atoms with Crippen molar-refractivity contribution in [2.45, 2.75) is 4.90 Å². The summed E-state index contributed by atoms with van der Waals surface area (Å²) >= 11 is 8.01. The topological polar surface area (TPSA) is 40.5 Å². The highest BCUT2D eigenvalue weighted by Gasteiger charge is 2.18. The Balaban J connectivity index is 2.84. The predicted octanol–water partition coefficient (Wildman–Crippen LogP) is 1.47. The lowest BCUT2D eigenvalue weighted by Gasteiger charge is -2.05. The van der Waals surface area contributed by atoms with Crippen LogP contribution in [-0.2, 0) is 0 Å². The average molecular weight is 336 g/mol. The highest BCUT2D eigenvalue weighted by molar-refractivity contribution is 14.1. The van der Waals surface area contributed by atoms with Crippen LogP contribution in [0.25, 0.3) is 10.1 Å². The van der Waals surface area contributed by atoms with Crippen LogP contribution in [0.4, 0.5) is 0 Å². The van der Waals surface area contributed by atoms with Crippen LogP contribution in [0.3, 0.4) is 0 Å². The summed E-state index contributed by atoms with van der Waals surface area (Å²) < 4.78 is 1.82. The molecule has 2 nitrogen and oxygen atoms in total. The molecule has 0 fully saturated rings. The monoisotopic (exact) mass is 336 g/mol. The van der Waals surface area contributed by atoms with E-state index in [4.69, 9.17) is 0 Å². The van der Waals surface area contributed by atoms with Gasteiger partial charge in [0.15, 0.2) is 0 Å². The zero-order chi connectivity index (χ0) is 10.3. The van der Waals surface area contributed by atoms with Gasteiger partial charge in [-0.3, -0.25) is 0 Å². The average Bonchev–Trinajstić information content (AvgIpc) is 2.59. The summed E-state index contributed by atoms with van der Waals surface area (Å²) in [5, 5.41) is 21.3. The van der Waals surface area contributed by atoms with Crippen LogP contribution in [0.1, 0.15) is 0 Å². The fraction of sp³-hybridized carbons (Fsp3) is 0. The van der Waals surface area contributed by atoms with Crippen molar-refractivity contribution >= 4 is 69.2 Å². The number of hydrogen-bond acceptors (Lipinski definition) is 4. The van der Waals surface area contributed by atoms with E-state index in [1.165, 1.54) is 11.3 Å². The highest BCUT2D eigenvalue weighted by Crippen LogP contribution is 2.29. The van der Waals surface area contributed by atoms with Gasteiger partial charge >= 0.3 is 7.12 Å². The van der Waals surface area contributed by atoms with Crippen LogP contribution in [0, 0.1) is 3.57 Å². The largest absolute Gasteiger partial charge is 0.489 e. The first-order valence-electron chi connectivity index (χ1n) is 3.86. The van der Waals surface area contributed by atoms with Gasteiger partial charge in [0.25, 0.3) is 0 Å². The van der Waals surface area contributed by atoms with Crippen molar-refractivity contribution in [3.05, 3.63) is 21.1 Å². The van der Waals surface area contributed by atoms with E-state index in [0.717, 1.165) is 18.6 Å². The van der Waals surface area contributed by atoms with Crippen molar-refractivity contribution in [2.24, 2.45) is 0 Å². The van der Waals surface area contributed by atoms with E-state index in [2.05, 4.69) is 35.2 Å². The third kappa shape index (κ3) is 1.69. The summed E-state index contributed by atoms with van der Waals surface area (Å²) in [6.07, 6.45) is 0. The second kappa shape index (κ2) is 4.01. The van der Waals surface area contributed by atoms with Gasteiger partial charge in [-0.1, -0.05) is 0 Å². The molecule has 0 aliphatic rings. The first-order chi connectivity index (χ1) is 6.61. The lowest BCUT2D eigenvalue weighted by molar-refractivity contribution is 0.426. The Morgan fingerprint density at radius 2 is 2.14 bits per heavy atom. The van der Waals surface area contributed by atoms with E-state index >= 15 is 0 Å². The van der Waals surface area contributed by atoms with E-state index < -0.39 is 7.12 Å². The molecule has 1 aromatic heterocycles. The second-order valence-electron chi connectivity index (χ2n) is 2.83.